The molecule has 0 bridgehead atoms. The first kappa shape index (κ1) is 37.0. The standard InChI is InChI=1S/C32H36BrIN7O7P/c1-6-46-49(45,47-7-2)48-18-22-14-26(32(44)38-28-10-8-9-27(33)37-28)41(31(22)34-5)29(43)17-40-25-12-11-21(23-15-35-20(4)36-16-23)13-24(25)30(39-40)19(3)42/h8-13,15-16,22,26,31H,5-7,14,17-18H2,1-4H3,(H,37,38,44)/t22-,26+,31+/m1/s1. The molecule has 3 atom stereocenters. The highest BCUT2D eigenvalue weighted by Crippen LogP contribution is 2.51. The number of ketones is 1. The number of carbonyl (C=O) groups excluding carboxylic acids is 3. The first-order valence-corrected chi connectivity index (χ1v) is 20.4. The van der Waals surface area contributed by atoms with Crippen molar-refractivity contribution < 1.29 is 32.5 Å². The molecule has 5 rings (SSSR count). The highest BCUT2D eigenvalue weighted by molar-refractivity contribution is 14.2. The number of carbonyl (C=O) groups is 3. The number of aromatic nitrogens is 5. The molecule has 14 nitrogen and oxygen atoms in total. The Bertz CT molecular complexity index is 1920. The van der Waals surface area contributed by atoms with Crippen molar-refractivity contribution in [1.29, 1.82) is 0 Å². The van der Waals surface area contributed by atoms with E-state index in [0.717, 1.165) is 11.1 Å². The van der Waals surface area contributed by atoms with Crippen LogP contribution in [-0.4, -0.2) is 81.7 Å². The molecule has 2 amide bonds. The summed E-state index contributed by atoms with van der Waals surface area (Å²) in [6.07, 6.45) is 3.62. The van der Waals surface area contributed by atoms with E-state index in [9.17, 15) is 18.9 Å². The van der Waals surface area contributed by atoms with Gasteiger partial charge in [0.05, 0.1) is 29.4 Å². The summed E-state index contributed by atoms with van der Waals surface area (Å²) >= 11 is 2.38. The van der Waals surface area contributed by atoms with Gasteiger partial charge in [-0.05, 0) is 73.0 Å². The van der Waals surface area contributed by atoms with Gasteiger partial charge in [0.1, 0.15) is 34.5 Å². The molecular formula is C32H36BrIN7O7P. The number of aryl methyl sites for hydroxylation is 1. The summed E-state index contributed by atoms with van der Waals surface area (Å²) in [5.74, 6) is -0.551. The Morgan fingerprint density at radius 2 is 1.80 bits per heavy atom. The van der Waals surface area contributed by atoms with Gasteiger partial charge in [-0.1, -0.05) is 16.6 Å². The summed E-state index contributed by atoms with van der Waals surface area (Å²) in [7, 11) is -3.86. The van der Waals surface area contributed by atoms with Gasteiger partial charge in [-0.15, -0.1) is 20.7 Å². The number of nitrogens with one attached hydrogen (secondary N) is 1. The second-order valence-electron chi connectivity index (χ2n) is 11.1. The molecule has 260 valence electrons. The summed E-state index contributed by atoms with van der Waals surface area (Å²) in [5.41, 5.74) is 2.35. The van der Waals surface area contributed by atoms with E-state index in [0.29, 0.717) is 27.1 Å². The normalized spacial score (nSPS) is 17.8. The number of amides is 2. The third kappa shape index (κ3) is 8.55. The van der Waals surface area contributed by atoms with E-state index in [-0.39, 0.29) is 44.3 Å². The monoisotopic (exact) mass is 867 g/mol. The van der Waals surface area contributed by atoms with Crippen LogP contribution in [0, 0.1) is 12.8 Å². The van der Waals surface area contributed by atoms with E-state index in [4.69, 9.17) is 13.6 Å². The zero-order valence-electron chi connectivity index (χ0n) is 27.3. The topological polar surface area (TPSA) is 168 Å². The maximum Gasteiger partial charge on any atom is 0.474 e. The summed E-state index contributed by atoms with van der Waals surface area (Å²) < 4.78 is 35.2. The van der Waals surface area contributed by atoms with Crippen LogP contribution in [0.15, 0.2) is 53.4 Å². The molecule has 4 aromatic rings. The third-order valence-electron chi connectivity index (χ3n) is 7.74. The molecular weight excluding hydrogens is 832 g/mol. The molecule has 49 heavy (non-hydrogen) atoms. The number of fused-ring (bicyclic) bond motifs is 1. The Hall–Kier alpha value is -3.28. The van der Waals surface area contributed by atoms with E-state index in [1.807, 2.05) is 12.1 Å². The number of likely N-dealkylation sites (tertiary alicyclic amines) is 1. The van der Waals surface area contributed by atoms with E-state index in [1.165, 1.54) is 16.5 Å². The molecule has 3 aromatic heterocycles. The van der Waals surface area contributed by atoms with Crippen molar-refractivity contribution in [3.63, 3.8) is 0 Å². The zero-order chi connectivity index (χ0) is 35.3. The van der Waals surface area contributed by atoms with Crippen LogP contribution in [0.1, 0.15) is 43.5 Å². The van der Waals surface area contributed by atoms with Crippen molar-refractivity contribution in [3.8, 4) is 11.1 Å². The fraction of sp³-hybridized carbons (Fsp3) is 0.375. The first-order valence-electron chi connectivity index (χ1n) is 15.4. The number of alkyl halides is 1. The molecule has 1 aliphatic rings. The lowest BCUT2D eigenvalue weighted by atomic mass is 10.0. The SMILES string of the molecule is C=I[C@@H]1[C@@H](COP(=O)(OCC)OCC)C[C@@H](C(=O)Nc2cccc(Br)n2)N1C(=O)Cn1nc(C(C)=O)c2cc(-c3cnc(C)nc3)ccc21. The molecule has 0 spiro atoms. The molecule has 0 aliphatic carbocycles. The number of nitrogens with zero attached hydrogens (tertiary/aromatic N) is 6. The number of pyridine rings is 1. The number of halogens is 2. The van der Waals surface area contributed by atoms with E-state index >= 15 is 0 Å². The van der Waals surface area contributed by atoms with Crippen LogP contribution in [0.5, 0.6) is 0 Å². The van der Waals surface area contributed by atoms with Crippen molar-refractivity contribution in [2.24, 2.45) is 5.92 Å². The van der Waals surface area contributed by atoms with Crippen molar-refractivity contribution in [3.05, 3.63) is 64.9 Å². The average Bonchev–Trinajstić information content (AvgIpc) is 3.63. The van der Waals surface area contributed by atoms with Crippen LogP contribution >= 0.6 is 44.5 Å². The molecule has 17 heteroatoms. The summed E-state index contributed by atoms with van der Waals surface area (Å²) in [4.78, 5) is 55.2. The lowest BCUT2D eigenvalue weighted by molar-refractivity contribution is -0.137. The number of anilines is 1. The molecule has 1 aromatic carbocycles. The fourth-order valence-corrected chi connectivity index (χ4v) is 9.51. The Kier molecular flexibility index (Phi) is 12.2. The predicted octanol–water partition coefficient (Wildman–Crippen LogP) is 5.94. The van der Waals surface area contributed by atoms with Crippen molar-refractivity contribution in [2.45, 2.75) is 50.8 Å². The molecule has 4 heterocycles. The van der Waals surface area contributed by atoms with Crippen LogP contribution in [0.3, 0.4) is 0 Å². The van der Waals surface area contributed by atoms with Crippen LogP contribution in [0.25, 0.3) is 22.0 Å². The Morgan fingerprint density at radius 1 is 1.08 bits per heavy atom. The fourth-order valence-electron chi connectivity index (χ4n) is 5.60. The smallest absolute Gasteiger partial charge is 0.317 e. The van der Waals surface area contributed by atoms with Gasteiger partial charge in [-0.25, -0.2) is 19.5 Å². The first-order chi connectivity index (χ1) is 23.5. The second-order valence-corrected chi connectivity index (χ2v) is 15.7. The number of benzene rings is 1. The van der Waals surface area contributed by atoms with Gasteiger partial charge < -0.3 is 10.2 Å². The highest BCUT2D eigenvalue weighted by Gasteiger charge is 2.47. The number of phosphoric ester groups is 1. The summed E-state index contributed by atoms with van der Waals surface area (Å²) in [6, 6.07) is 9.67. The maximum atomic E-state index is 14.3. The van der Waals surface area contributed by atoms with Gasteiger partial charge in [0, 0.05) is 36.2 Å². The Morgan fingerprint density at radius 3 is 2.43 bits per heavy atom. The van der Waals surface area contributed by atoms with Crippen LogP contribution in [0.4, 0.5) is 5.82 Å². The molecule has 0 saturated carbocycles. The largest absolute Gasteiger partial charge is 0.474 e. The van der Waals surface area contributed by atoms with Gasteiger partial charge in [-0.2, -0.15) is 5.10 Å². The number of phosphoric acid groups is 1. The van der Waals surface area contributed by atoms with Crippen LogP contribution in [-0.2, 0) is 34.3 Å². The average molecular weight is 868 g/mol. The number of hydrogen-bond acceptors (Lipinski definition) is 11. The minimum Gasteiger partial charge on any atom is -0.317 e. The van der Waals surface area contributed by atoms with E-state index in [1.54, 1.807) is 57.4 Å². The second kappa shape index (κ2) is 16.2. The molecule has 1 N–H and O–H groups in total. The van der Waals surface area contributed by atoms with E-state index < -0.39 is 56.4 Å². The lowest BCUT2D eigenvalue weighted by Gasteiger charge is -2.29. The highest BCUT2D eigenvalue weighted by atomic mass is 127. The minimum atomic E-state index is -3.86. The van der Waals surface area contributed by atoms with Gasteiger partial charge in [0.2, 0.25) is 11.8 Å². The third-order valence-corrected chi connectivity index (χ3v) is 12.3. The molecule has 1 saturated heterocycles. The Labute approximate surface area is 301 Å². The van der Waals surface area contributed by atoms with Crippen LogP contribution in [0.2, 0.25) is 0 Å². The summed E-state index contributed by atoms with van der Waals surface area (Å²) in [5, 5.41) is 7.94. The van der Waals surface area contributed by atoms with Crippen molar-refractivity contribution >= 4 is 83.3 Å². The number of rotatable bonds is 14. The lowest BCUT2D eigenvalue weighted by Crippen LogP contribution is -2.47. The molecule has 1 fully saturated rings. The molecule has 1 aliphatic heterocycles. The molecule has 0 unspecified atom stereocenters. The summed E-state index contributed by atoms with van der Waals surface area (Å²) in [6.45, 7) is 6.48. The van der Waals surface area contributed by atoms with Crippen molar-refractivity contribution in [1.82, 2.24) is 29.6 Å². The quantitative estimate of drug-likeness (QED) is 0.0398. The number of Topliss-reactive ketones (excluding diaryl/α,β-unsaturated/α-hetero) is 1. The van der Waals surface area contributed by atoms with Gasteiger partial charge in [-0.3, -0.25) is 32.6 Å². The number of hydrogen-bond donors (Lipinski definition) is 1. The van der Waals surface area contributed by atoms with Gasteiger partial charge in [0.15, 0.2) is 5.78 Å². The maximum absolute atomic E-state index is 14.3. The van der Waals surface area contributed by atoms with E-state index in [2.05, 4.69) is 45.8 Å². The minimum absolute atomic E-state index is 0.0788. The predicted molar refractivity (Wildman–Crippen MR) is 197 cm³/mol. The zero-order valence-corrected chi connectivity index (χ0v) is 32.0. The molecule has 0 radical (unpaired) electrons. The van der Waals surface area contributed by atoms with Gasteiger partial charge >= 0.3 is 7.82 Å². The van der Waals surface area contributed by atoms with Crippen LogP contribution < -0.4 is 5.32 Å². The van der Waals surface area contributed by atoms with Crippen molar-refractivity contribution in [2.75, 3.05) is 25.1 Å². The Balaban J connectivity index is 1.47. The van der Waals surface area contributed by atoms with Gasteiger partial charge in [0.25, 0.3) is 0 Å².